The molecule has 2 atom stereocenters. The molecular weight excluding hydrogens is 338 g/mol. The van der Waals surface area contributed by atoms with Gasteiger partial charge in [0.05, 0.1) is 0 Å². The van der Waals surface area contributed by atoms with Gasteiger partial charge in [0.2, 0.25) is 5.16 Å². The number of carbonyl (C=O) groups excluding carboxylic acids is 1. The fraction of sp³-hybridized carbons (Fsp3) is 0.400. The smallest absolute Gasteiger partial charge is 0.319 e. The van der Waals surface area contributed by atoms with Crippen LogP contribution in [0.4, 0.5) is 0 Å². The molecule has 2 heterocycles. The van der Waals surface area contributed by atoms with Crippen molar-refractivity contribution in [1.29, 1.82) is 0 Å². The van der Waals surface area contributed by atoms with Crippen LogP contribution >= 0.6 is 23.4 Å². The number of halogens is 1. The highest BCUT2D eigenvalue weighted by molar-refractivity contribution is 8.00. The van der Waals surface area contributed by atoms with Crippen LogP contribution in [0.15, 0.2) is 23.4 Å². The third-order valence-electron chi connectivity index (χ3n) is 3.39. The van der Waals surface area contributed by atoms with E-state index in [1.54, 1.807) is 12.1 Å². The summed E-state index contributed by atoms with van der Waals surface area (Å²) >= 11 is 7.29. The van der Waals surface area contributed by atoms with Crippen molar-refractivity contribution in [2.45, 2.75) is 43.4 Å². The Morgan fingerprint density at radius 2 is 2.35 bits per heavy atom. The van der Waals surface area contributed by atoms with Crippen molar-refractivity contribution < 1.29 is 14.3 Å². The maximum Gasteiger partial charge on any atom is 0.319 e. The molecule has 1 N–H and O–H groups in total. The van der Waals surface area contributed by atoms with E-state index in [2.05, 4.69) is 15.2 Å². The van der Waals surface area contributed by atoms with Gasteiger partial charge in [-0.15, -0.1) is 5.10 Å². The number of thioether (sulfide) groups is 1. The number of H-pyrrole nitrogens is 1. The van der Waals surface area contributed by atoms with E-state index in [1.165, 1.54) is 11.8 Å². The van der Waals surface area contributed by atoms with Crippen LogP contribution in [0, 0.1) is 6.92 Å². The fourth-order valence-electron chi connectivity index (χ4n) is 2.20. The SMILES string of the molecule is Cc1cc(OCc2nc(SC3CC(C)OC3=O)n[nH]2)ccc1Cl. The van der Waals surface area contributed by atoms with Crippen LogP contribution in [-0.2, 0) is 16.1 Å². The first kappa shape index (κ1) is 16.1. The highest BCUT2D eigenvalue weighted by Gasteiger charge is 2.33. The summed E-state index contributed by atoms with van der Waals surface area (Å²) in [7, 11) is 0. The van der Waals surface area contributed by atoms with Crippen LogP contribution in [0.3, 0.4) is 0 Å². The topological polar surface area (TPSA) is 77.1 Å². The zero-order valence-corrected chi connectivity index (χ0v) is 14.3. The Balaban J connectivity index is 1.57. The van der Waals surface area contributed by atoms with E-state index in [1.807, 2.05) is 19.9 Å². The van der Waals surface area contributed by atoms with E-state index in [0.717, 1.165) is 5.56 Å². The molecule has 8 heteroatoms. The second-order valence-electron chi connectivity index (χ2n) is 5.35. The number of hydrogen-bond donors (Lipinski definition) is 1. The molecule has 0 radical (unpaired) electrons. The molecule has 1 aromatic heterocycles. The summed E-state index contributed by atoms with van der Waals surface area (Å²) in [4.78, 5) is 15.9. The van der Waals surface area contributed by atoms with E-state index in [4.69, 9.17) is 21.1 Å². The molecular formula is C15H16ClN3O3S. The van der Waals surface area contributed by atoms with E-state index in [9.17, 15) is 4.79 Å². The van der Waals surface area contributed by atoms with Gasteiger partial charge in [-0.2, -0.15) is 0 Å². The summed E-state index contributed by atoms with van der Waals surface area (Å²) in [6.45, 7) is 4.06. The minimum atomic E-state index is -0.242. The van der Waals surface area contributed by atoms with E-state index >= 15 is 0 Å². The monoisotopic (exact) mass is 353 g/mol. The lowest BCUT2D eigenvalue weighted by atomic mass is 10.2. The van der Waals surface area contributed by atoms with Crippen LogP contribution in [0.25, 0.3) is 0 Å². The molecule has 0 amide bonds. The van der Waals surface area contributed by atoms with Crippen molar-refractivity contribution in [3.05, 3.63) is 34.6 Å². The Morgan fingerprint density at radius 3 is 3.04 bits per heavy atom. The third kappa shape index (κ3) is 3.97. The summed E-state index contributed by atoms with van der Waals surface area (Å²) in [6.07, 6.45) is 0.628. The molecule has 0 spiro atoms. The number of esters is 1. The summed E-state index contributed by atoms with van der Waals surface area (Å²) in [5, 5.41) is 7.90. The number of benzene rings is 1. The number of cyclic esters (lactones) is 1. The summed E-state index contributed by atoms with van der Waals surface area (Å²) < 4.78 is 10.8. The first-order valence-electron chi connectivity index (χ1n) is 7.18. The molecule has 1 aliphatic heterocycles. The number of ether oxygens (including phenoxy) is 2. The lowest BCUT2D eigenvalue weighted by Crippen LogP contribution is -2.09. The van der Waals surface area contributed by atoms with E-state index in [-0.39, 0.29) is 23.9 Å². The Morgan fingerprint density at radius 1 is 1.52 bits per heavy atom. The number of aromatic nitrogens is 3. The minimum Gasteiger partial charge on any atom is -0.486 e. The van der Waals surface area contributed by atoms with Crippen molar-refractivity contribution in [2.75, 3.05) is 0 Å². The molecule has 2 aromatic rings. The number of aromatic amines is 1. The largest absolute Gasteiger partial charge is 0.486 e. The number of carbonyl (C=O) groups is 1. The van der Waals surface area contributed by atoms with Crippen molar-refractivity contribution in [3.8, 4) is 5.75 Å². The fourth-order valence-corrected chi connectivity index (χ4v) is 3.35. The standard InChI is InChI=1S/C15H16ClN3O3S/c1-8-5-10(3-4-11(8)16)21-7-13-17-15(19-18-13)23-12-6-9(2)22-14(12)20/h3-5,9,12H,6-7H2,1-2H3,(H,17,18,19). The Labute approximate surface area is 142 Å². The van der Waals surface area contributed by atoms with Crippen LogP contribution in [0.5, 0.6) is 5.75 Å². The number of aryl methyl sites for hydroxylation is 1. The number of nitrogens with zero attached hydrogens (tertiary/aromatic N) is 2. The molecule has 23 heavy (non-hydrogen) atoms. The molecule has 122 valence electrons. The first-order valence-corrected chi connectivity index (χ1v) is 8.44. The second-order valence-corrected chi connectivity index (χ2v) is 6.93. The molecule has 1 aliphatic rings. The Bertz CT molecular complexity index is 722. The molecule has 6 nitrogen and oxygen atoms in total. The third-order valence-corrected chi connectivity index (χ3v) is 4.88. The van der Waals surface area contributed by atoms with Crippen LogP contribution in [-0.4, -0.2) is 32.5 Å². The first-order chi connectivity index (χ1) is 11.0. The molecule has 2 unspecified atom stereocenters. The maximum absolute atomic E-state index is 11.6. The minimum absolute atomic E-state index is 0.0464. The average Bonchev–Trinajstić information content (AvgIpc) is 3.07. The summed E-state index contributed by atoms with van der Waals surface area (Å²) in [6, 6.07) is 5.46. The Kier molecular flexibility index (Phi) is 4.77. The van der Waals surface area contributed by atoms with Crippen molar-refractivity contribution in [3.63, 3.8) is 0 Å². The zero-order valence-electron chi connectivity index (χ0n) is 12.7. The highest BCUT2D eigenvalue weighted by Crippen LogP contribution is 2.30. The van der Waals surface area contributed by atoms with E-state index in [0.29, 0.717) is 28.2 Å². The highest BCUT2D eigenvalue weighted by atomic mass is 35.5. The van der Waals surface area contributed by atoms with Gasteiger partial charge in [-0.05, 0) is 37.6 Å². The molecule has 1 aromatic carbocycles. The van der Waals surface area contributed by atoms with Gasteiger partial charge in [0.25, 0.3) is 0 Å². The number of hydrogen-bond acceptors (Lipinski definition) is 6. The molecule has 0 saturated carbocycles. The Hall–Kier alpha value is -1.73. The van der Waals surface area contributed by atoms with Crippen LogP contribution < -0.4 is 4.74 Å². The molecule has 0 aliphatic carbocycles. The van der Waals surface area contributed by atoms with Crippen LogP contribution in [0.2, 0.25) is 5.02 Å². The van der Waals surface area contributed by atoms with Gasteiger partial charge >= 0.3 is 5.97 Å². The number of rotatable bonds is 5. The van der Waals surface area contributed by atoms with Crippen molar-refractivity contribution >= 4 is 29.3 Å². The lowest BCUT2D eigenvalue weighted by Gasteiger charge is -2.05. The zero-order chi connectivity index (χ0) is 16.4. The van der Waals surface area contributed by atoms with Gasteiger partial charge < -0.3 is 9.47 Å². The predicted molar refractivity (Wildman–Crippen MR) is 86.7 cm³/mol. The lowest BCUT2D eigenvalue weighted by molar-refractivity contribution is -0.140. The molecule has 0 bridgehead atoms. The summed E-state index contributed by atoms with van der Waals surface area (Å²) in [5.74, 6) is 1.10. The van der Waals surface area contributed by atoms with Crippen molar-refractivity contribution in [2.24, 2.45) is 0 Å². The van der Waals surface area contributed by atoms with Gasteiger partial charge in [0.1, 0.15) is 23.7 Å². The van der Waals surface area contributed by atoms with E-state index < -0.39 is 0 Å². The normalized spacial score (nSPS) is 20.6. The van der Waals surface area contributed by atoms with Gasteiger partial charge in [0, 0.05) is 11.4 Å². The van der Waals surface area contributed by atoms with Gasteiger partial charge in [-0.3, -0.25) is 9.89 Å². The average molecular weight is 354 g/mol. The van der Waals surface area contributed by atoms with Gasteiger partial charge in [0.15, 0.2) is 5.82 Å². The van der Waals surface area contributed by atoms with Crippen LogP contribution in [0.1, 0.15) is 24.7 Å². The molecule has 1 fully saturated rings. The van der Waals surface area contributed by atoms with Gasteiger partial charge in [-0.1, -0.05) is 23.4 Å². The quantitative estimate of drug-likeness (QED) is 0.832. The number of nitrogens with one attached hydrogen (secondary N) is 1. The molecule has 1 saturated heterocycles. The van der Waals surface area contributed by atoms with Gasteiger partial charge in [-0.25, -0.2) is 4.98 Å². The van der Waals surface area contributed by atoms with Crippen molar-refractivity contribution in [1.82, 2.24) is 15.2 Å². The second kappa shape index (κ2) is 6.80. The summed E-state index contributed by atoms with van der Waals surface area (Å²) in [5.41, 5.74) is 0.951. The molecule has 3 rings (SSSR count). The predicted octanol–water partition coefficient (Wildman–Crippen LogP) is 3.14. The maximum atomic E-state index is 11.6.